The van der Waals surface area contributed by atoms with Crippen molar-refractivity contribution in [2.75, 3.05) is 30.4 Å². The number of hydrogen-bond donors (Lipinski definition) is 1. The third-order valence-electron chi connectivity index (χ3n) is 5.12. The summed E-state index contributed by atoms with van der Waals surface area (Å²) in [7, 11) is 1.53. The average Bonchev–Trinajstić information content (AvgIpc) is 2.75. The van der Waals surface area contributed by atoms with Crippen molar-refractivity contribution >= 4 is 17.5 Å². The molecule has 3 heterocycles. The highest BCUT2D eigenvalue weighted by molar-refractivity contribution is 5.72. The lowest BCUT2D eigenvalue weighted by atomic mass is 10.1. The number of halogens is 1. The van der Waals surface area contributed by atoms with Crippen LogP contribution in [0.15, 0.2) is 42.7 Å². The molecular formula is C23H26FN5O2. The van der Waals surface area contributed by atoms with Crippen molar-refractivity contribution in [3.8, 4) is 17.0 Å². The number of methoxy groups -OCH3 is 1. The second kappa shape index (κ2) is 8.85. The van der Waals surface area contributed by atoms with E-state index in [1.165, 1.54) is 18.9 Å². The molecule has 2 atom stereocenters. The normalized spacial score (nSPS) is 18.7. The number of ether oxygens (including phenoxy) is 2. The molecule has 1 fully saturated rings. The van der Waals surface area contributed by atoms with Gasteiger partial charge in [-0.25, -0.2) is 14.4 Å². The van der Waals surface area contributed by atoms with Crippen molar-refractivity contribution in [3.05, 3.63) is 54.1 Å². The molecule has 4 rings (SSSR count). The minimum Gasteiger partial charge on any atom is -0.480 e. The number of anilines is 3. The molecule has 1 aliphatic heterocycles. The first kappa shape index (κ1) is 21.0. The van der Waals surface area contributed by atoms with E-state index in [1.807, 2.05) is 56.0 Å². The van der Waals surface area contributed by atoms with Crippen molar-refractivity contribution in [1.29, 1.82) is 0 Å². The first-order valence-electron chi connectivity index (χ1n) is 10.2. The summed E-state index contributed by atoms with van der Waals surface area (Å²) in [6, 6.07) is 9.98. The van der Waals surface area contributed by atoms with Crippen LogP contribution in [0.5, 0.6) is 5.88 Å². The fourth-order valence-corrected chi connectivity index (χ4v) is 3.67. The Morgan fingerprint density at radius 2 is 1.77 bits per heavy atom. The average molecular weight is 423 g/mol. The molecule has 1 aromatic carbocycles. The van der Waals surface area contributed by atoms with E-state index < -0.39 is 5.82 Å². The number of rotatable bonds is 5. The molecule has 31 heavy (non-hydrogen) atoms. The summed E-state index contributed by atoms with van der Waals surface area (Å²) in [5.74, 6) is 0.315. The molecule has 3 aromatic rings. The zero-order valence-corrected chi connectivity index (χ0v) is 18.1. The van der Waals surface area contributed by atoms with Crippen LogP contribution in [0.4, 0.5) is 21.8 Å². The SMILES string of the molecule is COc1ncc(-c2ccc(C)cc2)cc1Nc1nc(N2C[C@@H](C)O[C@@H](C)C2)ncc1F. The maximum atomic E-state index is 14.6. The lowest BCUT2D eigenvalue weighted by molar-refractivity contribution is -0.00572. The lowest BCUT2D eigenvalue weighted by Crippen LogP contribution is -2.46. The van der Waals surface area contributed by atoms with Gasteiger partial charge < -0.3 is 19.7 Å². The zero-order valence-electron chi connectivity index (χ0n) is 18.1. The Balaban J connectivity index is 1.65. The van der Waals surface area contributed by atoms with E-state index in [4.69, 9.17) is 9.47 Å². The van der Waals surface area contributed by atoms with Gasteiger partial charge in [-0.2, -0.15) is 4.98 Å². The van der Waals surface area contributed by atoms with E-state index in [9.17, 15) is 4.39 Å². The molecule has 0 spiro atoms. The quantitative estimate of drug-likeness (QED) is 0.654. The summed E-state index contributed by atoms with van der Waals surface area (Å²) < 4.78 is 25.7. The van der Waals surface area contributed by atoms with Crippen LogP contribution in [0.1, 0.15) is 19.4 Å². The summed E-state index contributed by atoms with van der Waals surface area (Å²) in [5, 5.41) is 3.04. The number of morpholine rings is 1. The van der Waals surface area contributed by atoms with Gasteiger partial charge in [0.15, 0.2) is 11.6 Å². The van der Waals surface area contributed by atoms with E-state index in [0.717, 1.165) is 11.1 Å². The Morgan fingerprint density at radius 1 is 1.06 bits per heavy atom. The Morgan fingerprint density at radius 3 is 2.45 bits per heavy atom. The predicted octanol–water partition coefficient (Wildman–Crippen LogP) is 4.35. The number of pyridine rings is 1. The van der Waals surface area contributed by atoms with Crippen LogP contribution >= 0.6 is 0 Å². The van der Waals surface area contributed by atoms with Crippen LogP contribution in [-0.2, 0) is 4.74 Å². The smallest absolute Gasteiger partial charge is 0.237 e. The number of nitrogens with zero attached hydrogens (tertiary/aromatic N) is 4. The van der Waals surface area contributed by atoms with Gasteiger partial charge in [0.05, 0.1) is 25.5 Å². The Kier molecular flexibility index (Phi) is 5.99. The third kappa shape index (κ3) is 4.74. The topological polar surface area (TPSA) is 72.4 Å². The predicted molar refractivity (Wildman–Crippen MR) is 118 cm³/mol. The highest BCUT2D eigenvalue weighted by Crippen LogP contribution is 2.31. The summed E-state index contributed by atoms with van der Waals surface area (Å²) in [5.41, 5.74) is 3.58. The Labute approximate surface area is 181 Å². The summed E-state index contributed by atoms with van der Waals surface area (Å²) in [6.07, 6.45) is 3.00. The second-order valence-electron chi connectivity index (χ2n) is 7.80. The van der Waals surface area contributed by atoms with Gasteiger partial charge in [0.2, 0.25) is 11.8 Å². The van der Waals surface area contributed by atoms with E-state index in [0.29, 0.717) is 30.6 Å². The van der Waals surface area contributed by atoms with Crippen LogP contribution in [0.3, 0.4) is 0 Å². The molecule has 0 radical (unpaired) electrons. The van der Waals surface area contributed by atoms with Crippen molar-refractivity contribution in [2.24, 2.45) is 0 Å². The fraction of sp³-hybridized carbons (Fsp3) is 0.348. The molecule has 1 N–H and O–H groups in total. The Bertz CT molecular complexity index is 1050. The molecule has 8 heteroatoms. The van der Waals surface area contributed by atoms with E-state index in [1.54, 1.807) is 6.20 Å². The van der Waals surface area contributed by atoms with Crippen LogP contribution in [0.2, 0.25) is 0 Å². The first-order valence-corrected chi connectivity index (χ1v) is 10.2. The first-order chi connectivity index (χ1) is 14.9. The molecule has 0 unspecified atom stereocenters. The van der Waals surface area contributed by atoms with Crippen LogP contribution in [-0.4, -0.2) is 47.4 Å². The van der Waals surface area contributed by atoms with Crippen molar-refractivity contribution < 1.29 is 13.9 Å². The molecule has 2 aromatic heterocycles. The number of hydrogen-bond acceptors (Lipinski definition) is 7. The van der Waals surface area contributed by atoms with Crippen LogP contribution in [0, 0.1) is 12.7 Å². The fourth-order valence-electron chi connectivity index (χ4n) is 3.67. The molecule has 0 amide bonds. The van der Waals surface area contributed by atoms with E-state index in [-0.39, 0.29) is 18.0 Å². The van der Waals surface area contributed by atoms with E-state index >= 15 is 0 Å². The standard InChI is InChI=1S/C23H26FN5O2/c1-14-5-7-17(8-6-14)18-9-20(22(30-4)25-10-18)27-21-19(24)11-26-23(28-21)29-12-15(2)31-16(3)13-29/h5-11,15-16H,12-13H2,1-4H3,(H,26,27,28)/t15-,16+. The number of aromatic nitrogens is 3. The molecule has 1 aliphatic rings. The number of aryl methyl sites for hydroxylation is 1. The number of nitrogens with one attached hydrogen (secondary N) is 1. The van der Waals surface area contributed by atoms with Gasteiger partial charge in [0, 0.05) is 24.8 Å². The molecule has 7 nitrogen and oxygen atoms in total. The molecule has 1 saturated heterocycles. The van der Waals surface area contributed by atoms with Crippen molar-refractivity contribution in [2.45, 2.75) is 33.0 Å². The Hall–Kier alpha value is -3.26. The summed E-state index contributed by atoms with van der Waals surface area (Å²) in [6.45, 7) is 7.32. The summed E-state index contributed by atoms with van der Waals surface area (Å²) >= 11 is 0. The van der Waals surface area contributed by atoms with Gasteiger partial charge in [-0.3, -0.25) is 0 Å². The molecule has 0 aliphatic carbocycles. The van der Waals surface area contributed by atoms with Gasteiger partial charge in [0.25, 0.3) is 0 Å². The van der Waals surface area contributed by atoms with Crippen molar-refractivity contribution in [1.82, 2.24) is 15.0 Å². The third-order valence-corrected chi connectivity index (χ3v) is 5.12. The molecule has 0 bridgehead atoms. The van der Waals surface area contributed by atoms with Crippen molar-refractivity contribution in [3.63, 3.8) is 0 Å². The van der Waals surface area contributed by atoms with Gasteiger partial charge >= 0.3 is 0 Å². The highest BCUT2D eigenvalue weighted by Gasteiger charge is 2.25. The highest BCUT2D eigenvalue weighted by atomic mass is 19.1. The zero-order chi connectivity index (χ0) is 22.0. The minimum atomic E-state index is -0.555. The lowest BCUT2D eigenvalue weighted by Gasteiger charge is -2.35. The largest absolute Gasteiger partial charge is 0.480 e. The van der Waals surface area contributed by atoms with Crippen LogP contribution in [0.25, 0.3) is 11.1 Å². The molecule has 162 valence electrons. The summed E-state index contributed by atoms with van der Waals surface area (Å²) in [4.78, 5) is 15.0. The number of benzene rings is 1. The van der Waals surface area contributed by atoms with Gasteiger partial charge in [-0.15, -0.1) is 0 Å². The monoisotopic (exact) mass is 423 g/mol. The minimum absolute atomic E-state index is 0.0456. The van der Waals surface area contributed by atoms with E-state index in [2.05, 4.69) is 20.3 Å². The maximum Gasteiger partial charge on any atom is 0.237 e. The molecule has 0 saturated carbocycles. The van der Waals surface area contributed by atoms with Gasteiger partial charge in [-0.1, -0.05) is 29.8 Å². The van der Waals surface area contributed by atoms with Crippen LogP contribution < -0.4 is 15.0 Å². The molecular weight excluding hydrogens is 397 g/mol. The van der Waals surface area contributed by atoms with Gasteiger partial charge in [0.1, 0.15) is 5.69 Å². The second-order valence-corrected chi connectivity index (χ2v) is 7.80. The maximum absolute atomic E-state index is 14.6. The van der Waals surface area contributed by atoms with Gasteiger partial charge in [-0.05, 0) is 32.4 Å².